The predicted molar refractivity (Wildman–Crippen MR) is 72.0 cm³/mol. The third-order valence-electron chi connectivity index (χ3n) is 2.94. The topological polar surface area (TPSA) is 33.7 Å². The largest absolute Gasteiger partial charge is 0.454 e. The van der Waals surface area contributed by atoms with Gasteiger partial charge in [-0.1, -0.05) is 19.9 Å². The van der Waals surface area contributed by atoms with Crippen LogP contribution in [-0.4, -0.2) is 37.9 Å². The Labute approximate surface area is 109 Å². The van der Waals surface area contributed by atoms with Crippen molar-refractivity contribution in [2.24, 2.45) is 0 Å². The Morgan fingerprint density at radius 3 is 2.83 bits per heavy atom. The molecular weight excluding hydrogens is 228 g/mol. The van der Waals surface area contributed by atoms with Crippen LogP contribution in [0.5, 0.6) is 11.5 Å². The first-order valence-corrected chi connectivity index (χ1v) is 6.45. The Hall–Kier alpha value is -1.26. The fourth-order valence-corrected chi connectivity index (χ4v) is 1.97. The lowest BCUT2D eigenvalue weighted by atomic mass is 10.2. The van der Waals surface area contributed by atoms with E-state index in [0.717, 1.165) is 31.1 Å². The molecule has 1 aromatic rings. The highest BCUT2D eigenvalue weighted by Crippen LogP contribution is 2.32. The minimum absolute atomic E-state index is 0.340. The van der Waals surface area contributed by atoms with Gasteiger partial charge >= 0.3 is 0 Å². The van der Waals surface area contributed by atoms with Crippen LogP contribution in [0, 0.1) is 0 Å². The van der Waals surface area contributed by atoms with Crippen LogP contribution in [0.15, 0.2) is 18.2 Å². The van der Waals surface area contributed by atoms with Crippen molar-refractivity contribution in [2.45, 2.75) is 26.4 Å². The molecule has 18 heavy (non-hydrogen) atoms. The SMILES string of the molecule is CC(C)NCCN(C)Cc1ccc2c(c1)OCO2. The van der Waals surface area contributed by atoms with E-state index in [9.17, 15) is 0 Å². The number of hydrogen-bond donors (Lipinski definition) is 1. The van der Waals surface area contributed by atoms with Gasteiger partial charge in [0.2, 0.25) is 6.79 Å². The molecule has 0 atom stereocenters. The molecule has 1 aromatic carbocycles. The second-order valence-corrected chi connectivity index (χ2v) is 5.03. The quantitative estimate of drug-likeness (QED) is 0.835. The van der Waals surface area contributed by atoms with Gasteiger partial charge in [-0.15, -0.1) is 0 Å². The number of ether oxygens (including phenoxy) is 2. The van der Waals surface area contributed by atoms with Gasteiger partial charge in [-0.25, -0.2) is 0 Å². The zero-order valence-corrected chi connectivity index (χ0v) is 11.4. The lowest BCUT2D eigenvalue weighted by Crippen LogP contribution is -2.32. The smallest absolute Gasteiger partial charge is 0.231 e. The molecule has 0 saturated heterocycles. The van der Waals surface area contributed by atoms with Gasteiger partial charge in [-0.2, -0.15) is 0 Å². The molecule has 4 heteroatoms. The summed E-state index contributed by atoms with van der Waals surface area (Å²) in [5.41, 5.74) is 1.26. The lowest BCUT2D eigenvalue weighted by Gasteiger charge is -2.18. The van der Waals surface area contributed by atoms with E-state index in [-0.39, 0.29) is 0 Å². The van der Waals surface area contributed by atoms with Crippen LogP contribution in [0.4, 0.5) is 0 Å². The molecule has 1 aliphatic heterocycles. The van der Waals surface area contributed by atoms with Crippen molar-refractivity contribution in [3.8, 4) is 11.5 Å². The number of likely N-dealkylation sites (N-methyl/N-ethyl adjacent to an activating group) is 1. The molecular formula is C14H22N2O2. The molecule has 2 rings (SSSR count). The molecule has 0 unspecified atom stereocenters. The third-order valence-corrected chi connectivity index (χ3v) is 2.94. The summed E-state index contributed by atoms with van der Waals surface area (Å²) < 4.78 is 10.7. The molecule has 1 heterocycles. The summed E-state index contributed by atoms with van der Waals surface area (Å²) in [5, 5.41) is 3.42. The van der Waals surface area contributed by atoms with Crippen LogP contribution >= 0.6 is 0 Å². The zero-order valence-electron chi connectivity index (χ0n) is 11.4. The molecule has 0 saturated carbocycles. The maximum atomic E-state index is 5.38. The second kappa shape index (κ2) is 6.07. The van der Waals surface area contributed by atoms with Crippen LogP contribution in [-0.2, 0) is 6.54 Å². The minimum atomic E-state index is 0.340. The average Bonchev–Trinajstić information content (AvgIpc) is 2.75. The zero-order chi connectivity index (χ0) is 13.0. The van der Waals surface area contributed by atoms with Gasteiger partial charge in [0.05, 0.1) is 0 Å². The normalized spacial score (nSPS) is 13.6. The van der Waals surface area contributed by atoms with Crippen molar-refractivity contribution >= 4 is 0 Å². The summed E-state index contributed by atoms with van der Waals surface area (Å²) in [5.74, 6) is 1.71. The standard InChI is InChI=1S/C14H22N2O2/c1-11(2)15-6-7-16(3)9-12-4-5-13-14(8-12)18-10-17-13/h4-5,8,11,15H,6-7,9-10H2,1-3H3. The molecule has 0 spiro atoms. The third kappa shape index (κ3) is 3.62. The van der Waals surface area contributed by atoms with Gasteiger partial charge in [0.1, 0.15) is 0 Å². The van der Waals surface area contributed by atoms with Crippen LogP contribution in [0.3, 0.4) is 0 Å². The molecule has 1 aliphatic rings. The first kappa shape index (κ1) is 13.2. The van der Waals surface area contributed by atoms with Crippen LogP contribution < -0.4 is 14.8 Å². The second-order valence-electron chi connectivity index (χ2n) is 5.03. The van der Waals surface area contributed by atoms with Crippen LogP contribution in [0.2, 0.25) is 0 Å². The molecule has 0 aromatic heterocycles. The first-order chi connectivity index (χ1) is 8.65. The van der Waals surface area contributed by atoms with Gasteiger partial charge in [-0.05, 0) is 24.7 Å². The predicted octanol–water partition coefficient (Wildman–Crippen LogP) is 1.85. The molecule has 0 aliphatic carbocycles. The highest BCUT2D eigenvalue weighted by molar-refractivity contribution is 5.44. The van der Waals surface area contributed by atoms with Gasteiger partial charge in [-0.3, -0.25) is 0 Å². The van der Waals surface area contributed by atoms with E-state index in [2.05, 4.69) is 43.2 Å². The fourth-order valence-electron chi connectivity index (χ4n) is 1.97. The molecule has 100 valence electrons. The van der Waals surface area contributed by atoms with Crippen molar-refractivity contribution in [3.63, 3.8) is 0 Å². The maximum Gasteiger partial charge on any atom is 0.231 e. The van der Waals surface area contributed by atoms with Gasteiger partial charge in [0, 0.05) is 25.7 Å². The van der Waals surface area contributed by atoms with Crippen molar-refractivity contribution in [1.29, 1.82) is 0 Å². The summed E-state index contributed by atoms with van der Waals surface area (Å²) in [6, 6.07) is 6.69. The maximum absolute atomic E-state index is 5.38. The Morgan fingerprint density at radius 2 is 2.06 bits per heavy atom. The minimum Gasteiger partial charge on any atom is -0.454 e. The molecule has 0 radical (unpaired) electrons. The molecule has 1 N–H and O–H groups in total. The van der Waals surface area contributed by atoms with Crippen molar-refractivity contribution < 1.29 is 9.47 Å². The van der Waals surface area contributed by atoms with E-state index in [1.54, 1.807) is 0 Å². The van der Waals surface area contributed by atoms with Gasteiger partial charge < -0.3 is 19.7 Å². The number of nitrogens with zero attached hydrogens (tertiary/aromatic N) is 1. The Morgan fingerprint density at radius 1 is 1.28 bits per heavy atom. The van der Waals surface area contributed by atoms with E-state index in [0.29, 0.717) is 12.8 Å². The highest BCUT2D eigenvalue weighted by atomic mass is 16.7. The van der Waals surface area contributed by atoms with Crippen molar-refractivity contribution in [2.75, 3.05) is 26.9 Å². The Kier molecular flexibility index (Phi) is 4.44. The van der Waals surface area contributed by atoms with E-state index in [1.807, 2.05) is 6.07 Å². The van der Waals surface area contributed by atoms with Crippen molar-refractivity contribution in [3.05, 3.63) is 23.8 Å². The van der Waals surface area contributed by atoms with E-state index < -0.39 is 0 Å². The fraction of sp³-hybridized carbons (Fsp3) is 0.571. The van der Waals surface area contributed by atoms with Crippen molar-refractivity contribution in [1.82, 2.24) is 10.2 Å². The van der Waals surface area contributed by atoms with E-state index in [1.165, 1.54) is 5.56 Å². The molecule has 0 bridgehead atoms. The average molecular weight is 250 g/mol. The van der Waals surface area contributed by atoms with Gasteiger partial charge in [0.25, 0.3) is 0 Å². The van der Waals surface area contributed by atoms with Crippen LogP contribution in [0.1, 0.15) is 19.4 Å². The lowest BCUT2D eigenvalue weighted by molar-refractivity contribution is 0.174. The number of nitrogens with one attached hydrogen (secondary N) is 1. The van der Waals surface area contributed by atoms with Crippen LogP contribution in [0.25, 0.3) is 0 Å². The van der Waals surface area contributed by atoms with Gasteiger partial charge in [0.15, 0.2) is 11.5 Å². The summed E-state index contributed by atoms with van der Waals surface area (Å²) in [4.78, 5) is 2.30. The van der Waals surface area contributed by atoms with E-state index in [4.69, 9.17) is 9.47 Å². The first-order valence-electron chi connectivity index (χ1n) is 6.45. The van der Waals surface area contributed by atoms with E-state index >= 15 is 0 Å². The number of rotatable bonds is 6. The summed E-state index contributed by atoms with van der Waals surface area (Å²) in [7, 11) is 2.13. The molecule has 4 nitrogen and oxygen atoms in total. The highest BCUT2D eigenvalue weighted by Gasteiger charge is 2.13. The molecule has 0 fully saturated rings. The number of benzene rings is 1. The summed E-state index contributed by atoms with van der Waals surface area (Å²) in [6.45, 7) is 7.64. The summed E-state index contributed by atoms with van der Waals surface area (Å²) in [6.07, 6.45) is 0. The Balaban J connectivity index is 1.82. The number of fused-ring (bicyclic) bond motifs is 1. The molecule has 0 amide bonds. The Bertz CT molecular complexity index is 393. The summed E-state index contributed by atoms with van der Waals surface area (Å²) >= 11 is 0. The number of hydrogen-bond acceptors (Lipinski definition) is 4. The monoisotopic (exact) mass is 250 g/mol.